The van der Waals surface area contributed by atoms with Gasteiger partial charge in [-0.05, 0) is 42.5 Å². The Labute approximate surface area is 152 Å². The van der Waals surface area contributed by atoms with E-state index in [4.69, 9.17) is 4.74 Å². The highest BCUT2D eigenvalue weighted by molar-refractivity contribution is 5.97. The van der Waals surface area contributed by atoms with Crippen molar-refractivity contribution in [3.8, 4) is 0 Å². The molecule has 0 radical (unpaired) electrons. The maximum Gasteiger partial charge on any atom is 0.253 e. The van der Waals surface area contributed by atoms with Crippen LogP contribution in [0.25, 0.3) is 0 Å². The number of carbonyl (C=O) groups excluding carboxylic acids is 2. The first kappa shape index (κ1) is 16.8. The maximum absolute atomic E-state index is 12.6. The van der Waals surface area contributed by atoms with E-state index in [1.165, 1.54) is 5.56 Å². The van der Waals surface area contributed by atoms with Gasteiger partial charge in [0.05, 0.1) is 6.61 Å². The lowest BCUT2D eigenvalue weighted by atomic mass is 9.96. The number of fused-ring (bicyclic) bond motifs is 1. The summed E-state index contributed by atoms with van der Waals surface area (Å²) in [6.07, 6.45) is 2.48. The molecule has 2 aromatic carbocycles. The van der Waals surface area contributed by atoms with E-state index in [1.54, 1.807) is 0 Å². The number of rotatable bonds is 3. The number of nitrogens with one attached hydrogen (secondary N) is 2. The number of anilines is 2. The molecule has 4 rings (SSSR count). The van der Waals surface area contributed by atoms with E-state index in [-0.39, 0.29) is 17.7 Å². The zero-order valence-electron chi connectivity index (χ0n) is 14.5. The molecular formula is C21H22N2O3. The van der Waals surface area contributed by atoms with Crippen LogP contribution in [0.2, 0.25) is 0 Å². The lowest BCUT2D eigenvalue weighted by Gasteiger charge is -2.13. The normalized spacial score (nSPS) is 22.2. The second-order valence-electron chi connectivity index (χ2n) is 6.93. The quantitative estimate of drug-likeness (QED) is 0.891. The molecule has 0 saturated carbocycles. The molecule has 2 unspecified atom stereocenters. The number of hydrogen-bond donors (Lipinski definition) is 2. The minimum Gasteiger partial charge on any atom is -0.368 e. The molecule has 0 aliphatic carbocycles. The van der Waals surface area contributed by atoms with Crippen molar-refractivity contribution in [1.82, 2.24) is 0 Å². The first-order valence-corrected chi connectivity index (χ1v) is 9.09. The third-order valence-electron chi connectivity index (χ3n) is 5.06. The molecule has 2 amide bonds. The van der Waals surface area contributed by atoms with Gasteiger partial charge >= 0.3 is 0 Å². The Morgan fingerprint density at radius 1 is 1.12 bits per heavy atom. The van der Waals surface area contributed by atoms with Crippen molar-refractivity contribution in [3.63, 3.8) is 0 Å². The molecule has 0 spiro atoms. The van der Waals surface area contributed by atoms with Crippen LogP contribution in [0.1, 0.15) is 36.3 Å². The highest BCUT2D eigenvalue weighted by Gasteiger charge is 2.31. The number of carbonyl (C=O) groups is 2. The maximum atomic E-state index is 12.6. The van der Waals surface area contributed by atoms with Gasteiger partial charge in [0.15, 0.2) is 0 Å². The van der Waals surface area contributed by atoms with Gasteiger partial charge in [-0.25, -0.2) is 0 Å². The second kappa shape index (κ2) is 7.30. The molecule has 1 saturated heterocycles. The number of amides is 2. The Morgan fingerprint density at radius 3 is 2.81 bits per heavy atom. The fourth-order valence-corrected chi connectivity index (χ4v) is 3.63. The number of aryl methyl sites for hydroxylation is 1. The van der Waals surface area contributed by atoms with Crippen LogP contribution >= 0.6 is 0 Å². The van der Waals surface area contributed by atoms with Crippen LogP contribution in [-0.2, 0) is 20.7 Å². The molecule has 2 N–H and O–H groups in total. The van der Waals surface area contributed by atoms with E-state index >= 15 is 0 Å². The minimum atomic E-state index is -0.450. The average Bonchev–Trinajstić information content (AvgIpc) is 3.07. The molecule has 5 nitrogen and oxygen atoms in total. The summed E-state index contributed by atoms with van der Waals surface area (Å²) in [6, 6.07) is 15.8. The highest BCUT2D eigenvalue weighted by atomic mass is 16.5. The van der Waals surface area contributed by atoms with Gasteiger partial charge in [-0.3, -0.25) is 9.59 Å². The monoisotopic (exact) mass is 350 g/mol. The average molecular weight is 350 g/mol. The van der Waals surface area contributed by atoms with Crippen molar-refractivity contribution < 1.29 is 14.3 Å². The molecule has 0 bridgehead atoms. The van der Waals surface area contributed by atoms with Gasteiger partial charge in [0.25, 0.3) is 5.91 Å². The van der Waals surface area contributed by atoms with Crippen molar-refractivity contribution in [1.29, 1.82) is 0 Å². The molecule has 26 heavy (non-hydrogen) atoms. The fraction of sp³-hybridized carbons (Fsp3) is 0.333. The van der Waals surface area contributed by atoms with Gasteiger partial charge in [0.1, 0.15) is 6.10 Å². The Balaban J connectivity index is 1.42. The predicted molar refractivity (Wildman–Crippen MR) is 100 cm³/mol. The van der Waals surface area contributed by atoms with Crippen LogP contribution in [-0.4, -0.2) is 24.5 Å². The summed E-state index contributed by atoms with van der Waals surface area (Å²) in [5, 5.41) is 5.84. The Kier molecular flexibility index (Phi) is 4.71. The third-order valence-corrected chi connectivity index (χ3v) is 5.06. The zero-order chi connectivity index (χ0) is 17.9. The summed E-state index contributed by atoms with van der Waals surface area (Å²) in [4.78, 5) is 24.3. The van der Waals surface area contributed by atoms with Gasteiger partial charge in [-0.1, -0.05) is 36.4 Å². The van der Waals surface area contributed by atoms with Crippen LogP contribution < -0.4 is 10.6 Å². The molecule has 5 heteroatoms. The SMILES string of the molecule is O=C1CCCc2ccc(NC(=O)C3CC(c4ccccc4)CO3)cc2N1. The number of benzene rings is 2. The van der Waals surface area contributed by atoms with Crippen molar-refractivity contribution in [3.05, 3.63) is 59.7 Å². The van der Waals surface area contributed by atoms with E-state index in [0.29, 0.717) is 25.1 Å². The summed E-state index contributed by atoms with van der Waals surface area (Å²) in [7, 11) is 0. The first-order chi connectivity index (χ1) is 12.7. The predicted octanol–water partition coefficient (Wildman–Crippen LogP) is 3.47. The van der Waals surface area contributed by atoms with Gasteiger partial charge < -0.3 is 15.4 Å². The molecule has 1 fully saturated rings. The molecule has 2 atom stereocenters. The highest BCUT2D eigenvalue weighted by Crippen LogP contribution is 2.30. The second-order valence-corrected chi connectivity index (χ2v) is 6.93. The summed E-state index contributed by atoms with van der Waals surface area (Å²) in [5.74, 6) is 0.138. The van der Waals surface area contributed by atoms with Crippen LogP contribution in [0.4, 0.5) is 11.4 Å². The lowest BCUT2D eigenvalue weighted by molar-refractivity contribution is -0.124. The smallest absolute Gasteiger partial charge is 0.253 e. The van der Waals surface area contributed by atoms with E-state index < -0.39 is 6.10 Å². The molecule has 2 aromatic rings. The molecule has 2 heterocycles. The van der Waals surface area contributed by atoms with Crippen LogP contribution in [0, 0.1) is 0 Å². The van der Waals surface area contributed by atoms with Gasteiger partial charge in [0, 0.05) is 23.7 Å². The Morgan fingerprint density at radius 2 is 1.96 bits per heavy atom. The van der Waals surface area contributed by atoms with Crippen molar-refractivity contribution in [2.24, 2.45) is 0 Å². The van der Waals surface area contributed by atoms with Gasteiger partial charge in [0.2, 0.25) is 5.91 Å². The molecular weight excluding hydrogens is 328 g/mol. The first-order valence-electron chi connectivity index (χ1n) is 9.09. The Bertz CT molecular complexity index is 819. The third kappa shape index (κ3) is 3.63. The number of ether oxygens (including phenoxy) is 1. The van der Waals surface area contributed by atoms with Crippen LogP contribution in [0.5, 0.6) is 0 Å². The standard InChI is InChI=1S/C21H22N2O3/c24-20-8-4-7-15-9-10-17(12-18(15)23-20)22-21(25)19-11-16(13-26-19)14-5-2-1-3-6-14/h1-3,5-6,9-10,12,16,19H,4,7-8,11,13H2,(H,22,25)(H,23,24). The topological polar surface area (TPSA) is 67.4 Å². The molecule has 0 aromatic heterocycles. The van der Waals surface area contributed by atoms with Crippen LogP contribution in [0.15, 0.2) is 48.5 Å². The molecule has 2 aliphatic heterocycles. The lowest BCUT2D eigenvalue weighted by Crippen LogP contribution is -2.27. The fourth-order valence-electron chi connectivity index (χ4n) is 3.63. The van der Waals surface area contributed by atoms with Crippen molar-refractivity contribution in [2.75, 3.05) is 17.2 Å². The summed E-state index contributed by atoms with van der Waals surface area (Å²) < 4.78 is 5.72. The van der Waals surface area contributed by atoms with Gasteiger partial charge in [-0.15, -0.1) is 0 Å². The summed E-state index contributed by atoms with van der Waals surface area (Å²) >= 11 is 0. The van der Waals surface area contributed by atoms with E-state index in [2.05, 4.69) is 22.8 Å². The zero-order valence-corrected chi connectivity index (χ0v) is 14.5. The largest absolute Gasteiger partial charge is 0.368 e. The van der Waals surface area contributed by atoms with E-state index in [1.807, 2.05) is 36.4 Å². The summed E-state index contributed by atoms with van der Waals surface area (Å²) in [6.45, 7) is 0.558. The van der Waals surface area contributed by atoms with Crippen LogP contribution in [0.3, 0.4) is 0 Å². The van der Waals surface area contributed by atoms with E-state index in [9.17, 15) is 9.59 Å². The molecule has 134 valence electrons. The van der Waals surface area contributed by atoms with Crippen molar-refractivity contribution >= 4 is 23.2 Å². The minimum absolute atomic E-state index is 0.0251. The van der Waals surface area contributed by atoms with Gasteiger partial charge in [-0.2, -0.15) is 0 Å². The summed E-state index contributed by atoms with van der Waals surface area (Å²) in [5.41, 5.74) is 3.79. The Hall–Kier alpha value is -2.66. The van der Waals surface area contributed by atoms with Crippen molar-refractivity contribution in [2.45, 2.75) is 37.7 Å². The number of hydrogen-bond acceptors (Lipinski definition) is 3. The molecule has 2 aliphatic rings. The van der Waals surface area contributed by atoms with E-state index in [0.717, 1.165) is 24.1 Å².